The number of fused-ring (bicyclic) bond motifs is 1. The summed E-state index contributed by atoms with van der Waals surface area (Å²) in [4.78, 5) is 4.29. The highest BCUT2D eigenvalue weighted by molar-refractivity contribution is 6.35. The molecule has 1 aromatic heterocycles. The molecule has 0 saturated carbocycles. The Labute approximate surface area is 129 Å². The zero-order valence-corrected chi connectivity index (χ0v) is 12.5. The van der Waals surface area contributed by atoms with Crippen molar-refractivity contribution in [2.45, 2.75) is 12.8 Å². The minimum absolute atomic E-state index is 0.0117. The van der Waals surface area contributed by atoms with E-state index in [0.29, 0.717) is 27.4 Å². The molecule has 3 aromatic rings. The fourth-order valence-corrected chi connectivity index (χ4v) is 2.74. The van der Waals surface area contributed by atoms with Gasteiger partial charge in [-0.25, -0.2) is 13.8 Å². The van der Waals surface area contributed by atoms with E-state index in [4.69, 9.17) is 23.2 Å². The molecule has 0 aliphatic carbocycles. The quantitative estimate of drug-likeness (QED) is 0.605. The summed E-state index contributed by atoms with van der Waals surface area (Å²) in [6.45, 7) is 1.57. The van der Waals surface area contributed by atoms with Gasteiger partial charge in [0.1, 0.15) is 17.3 Å². The number of alkyl halides is 1. The summed E-state index contributed by atoms with van der Waals surface area (Å²) >= 11 is 12.1. The van der Waals surface area contributed by atoms with Gasteiger partial charge in [0.05, 0.1) is 21.9 Å². The lowest BCUT2D eigenvalue weighted by molar-refractivity contribution is 0.563. The van der Waals surface area contributed by atoms with Crippen molar-refractivity contribution in [3.8, 4) is 5.69 Å². The molecule has 21 heavy (non-hydrogen) atoms. The highest BCUT2D eigenvalue weighted by atomic mass is 35.5. The molecule has 1 heterocycles. The lowest BCUT2D eigenvalue weighted by Crippen LogP contribution is -2.06. The fourth-order valence-electron chi connectivity index (χ4n) is 2.31. The standard InChI is InChI=1S/C15H10Cl2F2N2/c1-8-5-6-10(18)15(13(8)19)21-12(7-16)20-11-4-2-3-9(17)14(11)21/h2-6H,7H2,1H3. The van der Waals surface area contributed by atoms with Gasteiger partial charge in [-0.2, -0.15) is 0 Å². The highest BCUT2D eigenvalue weighted by Crippen LogP contribution is 2.31. The second kappa shape index (κ2) is 5.28. The molecule has 0 saturated heterocycles. The molecule has 108 valence electrons. The van der Waals surface area contributed by atoms with Crippen molar-refractivity contribution >= 4 is 34.2 Å². The Balaban J connectivity index is 2.48. The fraction of sp³-hybridized carbons (Fsp3) is 0.133. The monoisotopic (exact) mass is 326 g/mol. The van der Waals surface area contributed by atoms with Gasteiger partial charge in [0.2, 0.25) is 0 Å². The van der Waals surface area contributed by atoms with E-state index in [0.717, 1.165) is 0 Å². The van der Waals surface area contributed by atoms with Crippen LogP contribution < -0.4 is 0 Å². The van der Waals surface area contributed by atoms with Crippen molar-refractivity contribution < 1.29 is 8.78 Å². The van der Waals surface area contributed by atoms with Crippen LogP contribution in [0.3, 0.4) is 0 Å². The van der Waals surface area contributed by atoms with Crippen molar-refractivity contribution in [3.63, 3.8) is 0 Å². The number of benzene rings is 2. The molecule has 2 nitrogen and oxygen atoms in total. The molecule has 0 N–H and O–H groups in total. The van der Waals surface area contributed by atoms with Gasteiger partial charge in [0, 0.05) is 0 Å². The summed E-state index contributed by atoms with van der Waals surface area (Å²) in [5, 5.41) is 0.358. The molecule has 3 rings (SSSR count). The molecule has 0 aliphatic heterocycles. The lowest BCUT2D eigenvalue weighted by atomic mass is 10.2. The molecule has 2 aromatic carbocycles. The molecule has 0 aliphatic rings. The molecular weight excluding hydrogens is 317 g/mol. The van der Waals surface area contributed by atoms with Crippen LogP contribution in [-0.2, 0) is 5.88 Å². The van der Waals surface area contributed by atoms with Gasteiger partial charge in [0.15, 0.2) is 5.82 Å². The number of aryl methyl sites for hydroxylation is 1. The van der Waals surface area contributed by atoms with E-state index in [2.05, 4.69) is 4.98 Å². The first kappa shape index (κ1) is 14.3. The zero-order valence-electron chi connectivity index (χ0n) is 11.0. The van der Waals surface area contributed by atoms with E-state index in [1.54, 1.807) is 25.1 Å². The Morgan fingerprint density at radius 2 is 1.95 bits per heavy atom. The Morgan fingerprint density at radius 1 is 1.19 bits per heavy atom. The van der Waals surface area contributed by atoms with Gasteiger partial charge in [-0.05, 0) is 30.7 Å². The predicted molar refractivity (Wildman–Crippen MR) is 80.3 cm³/mol. The first-order valence-electron chi connectivity index (χ1n) is 6.21. The average Bonchev–Trinajstić information content (AvgIpc) is 2.83. The summed E-state index contributed by atoms with van der Waals surface area (Å²) in [5.74, 6) is -0.995. The third-order valence-corrected chi connectivity index (χ3v) is 3.84. The van der Waals surface area contributed by atoms with Crippen molar-refractivity contribution in [1.82, 2.24) is 9.55 Å². The lowest BCUT2D eigenvalue weighted by Gasteiger charge is -2.12. The van der Waals surface area contributed by atoms with E-state index in [-0.39, 0.29) is 11.6 Å². The molecule has 0 bridgehead atoms. The number of halogens is 4. The van der Waals surface area contributed by atoms with Crippen LogP contribution in [0.1, 0.15) is 11.4 Å². The van der Waals surface area contributed by atoms with E-state index < -0.39 is 11.6 Å². The van der Waals surface area contributed by atoms with Gasteiger partial charge in [-0.3, -0.25) is 4.57 Å². The minimum Gasteiger partial charge on any atom is -0.288 e. The minimum atomic E-state index is -0.691. The van der Waals surface area contributed by atoms with Gasteiger partial charge >= 0.3 is 0 Å². The Kier molecular flexibility index (Phi) is 3.59. The second-order valence-electron chi connectivity index (χ2n) is 4.63. The average molecular weight is 327 g/mol. The van der Waals surface area contributed by atoms with Crippen LogP contribution >= 0.6 is 23.2 Å². The maximum Gasteiger partial charge on any atom is 0.153 e. The summed E-state index contributed by atoms with van der Waals surface area (Å²) in [5.41, 5.74) is 1.11. The van der Waals surface area contributed by atoms with Crippen LogP contribution in [0.25, 0.3) is 16.7 Å². The highest BCUT2D eigenvalue weighted by Gasteiger charge is 2.21. The second-order valence-corrected chi connectivity index (χ2v) is 5.31. The van der Waals surface area contributed by atoms with E-state index in [9.17, 15) is 8.78 Å². The van der Waals surface area contributed by atoms with Crippen molar-refractivity contribution in [3.05, 3.63) is 58.4 Å². The Bertz CT molecular complexity index is 843. The topological polar surface area (TPSA) is 17.8 Å². The normalized spacial score (nSPS) is 11.3. The van der Waals surface area contributed by atoms with Gasteiger partial charge < -0.3 is 0 Å². The van der Waals surface area contributed by atoms with Gasteiger partial charge in [-0.1, -0.05) is 23.7 Å². The molecule has 0 radical (unpaired) electrons. The molecule has 0 atom stereocenters. The van der Waals surface area contributed by atoms with Crippen LogP contribution in [0.2, 0.25) is 5.02 Å². The third kappa shape index (κ3) is 2.19. The Morgan fingerprint density at radius 3 is 2.67 bits per heavy atom. The van der Waals surface area contributed by atoms with Crippen LogP contribution in [0, 0.1) is 18.6 Å². The molecular formula is C15H10Cl2F2N2. The van der Waals surface area contributed by atoms with Gasteiger partial charge in [0.25, 0.3) is 0 Å². The number of hydrogen-bond acceptors (Lipinski definition) is 1. The van der Waals surface area contributed by atoms with Crippen molar-refractivity contribution in [2.24, 2.45) is 0 Å². The smallest absolute Gasteiger partial charge is 0.153 e. The van der Waals surface area contributed by atoms with Crippen LogP contribution in [0.15, 0.2) is 30.3 Å². The van der Waals surface area contributed by atoms with E-state index >= 15 is 0 Å². The molecule has 0 unspecified atom stereocenters. The first-order chi connectivity index (χ1) is 10.0. The van der Waals surface area contributed by atoms with Crippen LogP contribution in [0.5, 0.6) is 0 Å². The van der Waals surface area contributed by atoms with E-state index in [1.165, 1.54) is 16.7 Å². The molecule has 0 fully saturated rings. The van der Waals surface area contributed by atoms with E-state index in [1.807, 2.05) is 0 Å². The number of imidazole rings is 1. The van der Waals surface area contributed by atoms with Crippen LogP contribution in [0.4, 0.5) is 8.78 Å². The maximum absolute atomic E-state index is 14.4. The van der Waals surface area contributed by atoms with Gasteiger partial charge in [-0.15, -0.1) is 11.6 Å². The molecule has 6 heteroatoms. The number of aromatic nitrogens is 2. The van der Waals surface area contributed by atoms with Crippen molar-refractivity contribution in [2.75, 3.05) is 0 Å². The number of para-hydroxylation sites is 1. The summed E-state index contributed by atoms with van der Waals surface area (Å²) in [7, 11) is 0. The largest absolute Gasteiger partial charge is 0.288 e. The Hall–Kier alpha value is -1.65. The van der Waals surface area contributed by atoms with Crippen molar-refractivity contribution in [1.29, 1.82) is 0 Å². The molecule has 0 spiro atoms. The number of hydrogen-bond donors (Lipinski definition) is 0. The third-order valence-electron chi connectivity index (χ3n) is 3.30. The number of nitrogens with zero attached hydrogens (tertiary/aromatic N) is 2. The number of rotatable bonds is 2. The summed E-state index contributed by atoms with van der Waals surface area (Å²) < 4.78 is 30.0. The first-order valence-corrected chi connectivity index (χ1v) is 7.12. The SMILES string of the molecule is Cc1ccc(F)c(-n2c(CCl)nc3cccc(Cl)c32)c1F. The predicted octanol–water partition coefficient (Wildman–Crippen LogP) is 5.00. The zero-order chi connectivity index (χ0) is 15.1. The summed E-state index contributed by atoms with van der Waals surface area (Å²) in [6, 6.07) is 7.69. The van der Waals surface area contributed by atoms with Crippen LogP contribution in [-0.4, -0.2) is 9.55 Å². The maximum atomic E-state index is 14.4. The molecule has 0 amide bonds. The summed E-state index contributed by atoms with van der Waals surface area (Å²) in [6.07, 6.45) is 0.